The molecule has 1 spiro atoms. The first kappa shape index (κ1) is 12.0. The molecule has 1 saturated carbocycles. The minimum Gasteiger partial charge on any atom is -0.353 e. The molecular weight excluding hydrogens is 315 g/mol. The normalized spacial score (nSPS) is 24.1. The number of allylic oxidation sites excluding steroid dienone is 1. The Balaban J connectivity index is 1.92. The van der Waals surface area contributed by atoms with Crippen LogP contribution in [-0.4, -0.2) is 30.1 Å². The van der Waals surface area contributed by atoms with E-state index in [1.54, 1.807) is 0 Å². The van der Waals surface area contributed by atoms with Gasteiger partial charge in [0.1, 0.15) is 9.52 Å². The lowest BCUT2D eigenvalue weighted by atomic mass is 10.2. The second kappa shape index (κ2) is 4.83. The van der Waals surface area contributed by atoms with Crippen LogP contribution >= 0.6 is 22.6 Å². The molecule has 0 unspecified atom stereocenters. The lowest BCUT2D eigenvalue weighted by molar-refractivity contribution is 0.231. The Bertz CT molecular complexity index is 344. The van der Waals surface area contributed by atoms with Crippen LogP contribution in [-0.2, 0) is 0 Å². The molecule has 2 aliphatic rings. The molecule has 88 valence electrons. The van der Waals surface area contributed by atoms with Crippen LogP contribution in [0.3, 0.4) is 0 Å². The van der Waals surface area contributed by atoms with Gasteiger partial charge in [-0.15, -0.1) is 10.2 Å². The van der Waals surface area contributed by atoms with Gasteiger partial charge in [0, 0.05) is 25.2 Å². The molecule has 1 aliphatic carbocycles. The average molecular weight is 332 g/mol. The molecule has 1 saturated heterocycles. The highest BCUT2D eigenvalue weighted by Gasteiger charge is 2.45. The van der Waals surface area contributed by atoms with Crippen molar-refractivity contribution in [1.29, 1.82) is 0 Å². The van der Waals surface area contributed by atoms with Crippen molar-refractivity contribution in [2.45, 2.75) is 25.3 Å². The fourth-order valence-electron chi connectivity index (χ4n) is 1.89. The monoisotopic (exact) mass is 332 g/mol. The van der Waals surface area contributed by atoms with Gasteiger partial charge in [-0.1, -0.05) is 12.7 Å². The van der Waals surface area contributed by atoms with E-state index >= 15 is 0 Å². The van der Waals surface area contributed by atoms with Gasteiger partial charge in [-0.3, -0.25) is 0 Å². The predicted octanol–water partition coefficient (Wildman–Crippen LogP) is 2.64. The van der Waals surface area contributed by atoms with Gasteiger partial charge >= 0.3 is 0 Å². The summed E-state index contributed by atoms with van der Waals surface area (Å²) in [7, 11) is 0. The molecule has 0 aromatic carbocycles. The van der Waals surface area contributed by atoms with Crippen molar-refractivity contribution in [3.8, 4) is 0 Å². The van der Waals surface area contributed by atoms with Gasteiger partial charge < -0.3 is 10.2 Å². The summed E-state index contributed by atoms with van der Waals surface area (Å²) < 4.78 is 0.898. The molecule has 5 heteroatoms. The smallest absolute Gasteiger partial charge is 0.144 e. The first-order valence-electron chi connectivity index (χ1n) is 5.58. The Hall–Kier alpha value is -0.430. The third kappa shape index (κ3) is 2.82. The summed E-state index contributed by atoms with van der Waals surface area (Å²) in [6, 6.07) is 0. The lowest BCUT2D eigenvalue weighted by Crippen LogP contribution is -2.51. The van der Waals surface area contributed by atoms with Crippen molar-refractivity contribution in [1.82, 2.24) is 10.2 Å². The Kier molecular flexibility index (Phi) is 3.63. The fraction of sp³-hybridized carbons (Fsp3) is 0.636. The molecule has 16 heavy (non-hydrogen) atoms. The summed E-state index contributed by atoms with van der Waals surface area (Å²) in [5.74, 6) is 0.781. The molecule has 0 aromatic rings. The highest BCUT2D eigenvalue weighted by molar-refractivity contribution is 14.1. The first-order chi connectivity index (χ1) is 7.65. The van der Waals surface area contributed by atoms with Crippen molar-refractivity contribution in [3.05, 3.63) is 22.2 Å². The maximum absolute atomic E-state index is 4.16. The fourth-order valence-corrected chi connectivity index (χ4v) is 2.00. The maximum Gasteiger partial charge on any atom is 0.144 e. The maximum atomic E-state index is 4.16. The van der Waals surface area contributed by atoms with E-state index in [4.69, 9.17) is 0 Å². The Labute approximate surface area is 110 Å². The van der Waals surface area contributed by atoms with Crippen LogP contribution in [0.5, 0.6) is 0 Å². The largest absolute Gasteiger partial charge is 0.353 e. The van der Waals surface area contributed by atoms with E-state index in [1.807, 2.05) is 13.0 Å². The molecule has 1 aliphatic heterocycles. The molecular formula is C11H17IN4. The zero-order valence-corrected chi connectivity index (χ0v) is 11.7. The number of azo groups is 1. The summed E-state index contributed by atoms with van der Waals surface area (Å²) in [5.41, 5.74) is 0.366. The predicted molar refractivity (Wildman–Crippen MR) is 73.3 cm³/mol. The van der Waals surface area contributed by atoms with E-state index in [9.17, 15) is 0 Å². The van der Waals surface area contributed by atoms with Crippen LogP contribution in [0.25, 0.3) is 0 Å². The van der Waals surface area contributed by atoms with Gasteiger partial charge in [0.2, 0.25) is 0 Å². The molecule has 0 bridgehead atoms. The van der Waals surface area contributed by atoms with Crippen molar-refractivity contribution in [2.75, 3.05) is 19.6 Å². The van der Waals surface area contributed by atoms with Crippen molar-refractivity contribution < 1.29 is 0 Å². The van der Waals surface area contributed by atoms with Crippen LogP contribution in [0.2, 0.25) is 0 Å². The summed E-state index contributed by atoms with van der Waals surface area (Å²) >= 11 is 2.16. The van der Waals surface area contributed by atoms with Crippen LogP contribution in [0, 0.1) is 0 Å². The lowest BCUT2D eigenvalue weighted by Gasteiger charge is -2.34. The van der Waals surface area contributed by atoms with E-state index in [2.05, 4.69) is 49.6 Å². The Morgan fingerprint density at radius 2 is 2.25 bits per heavy atom. The zero-order chi connectivity index (χ0) is 11.6. The molecule has 2 fully saturated rings. The van der Waals surface area contributed by atoms with Gasteiger partial charge in [-0.25, -0.2) is 0 Å². The standard InChI is InChI=1S/C11H17IN4/c1-3-10(12)15-14-9(2)16-7-6-13-11(8-16)4-5-11/h3,13H,2,4-8H2,1H3/b10-3-,15-14-. The molecule has 2 rings (SSSR count). The molecule has 0 radical (unpaired) electrons. The zero-order valence-electron chi connectivity index (χ0n) is 9.54. The SMILES string of the molecule is C=C(/N=N\C(I)=C/C)N1CCNC2(CC2)C1. The number of hydrogen-bond acceptors (Lipinski definition) is 4. The van der Waals surface area contributed by atoms with E-state index in [-0.39, 0.29) is 0 Å². The summed E-state index contributed by atoms with van der Waals surface area (Å²) in [4.78, 5) is 2.23. The van der Waals surface area contributed by atoms with Gasteiger partial charge in [0.15, 0.2) is 0 Å². The number of nitrogens with one attached hydrogen (secondary N) is 1. The van der Waals surface area contributed by atoms with Crippen LogP contribution in [0.4, 0.5) is 0 Å². The number of piperazine rings is 1. The molecule has 0 aromatic heterocycles. The third-order valence-corrected chi connectivity index (χ3v) is 3.93. The van der Waals surface area contributed by atoms with Crippen molar-refractivity contribution >= 4 is 22.6 Å². The van der Waals surface area contributed by atoms with E-state index in [0.29, 0.717) is 5.54 Å². The molecule has 0 amide bonds. The van der Waals surface area contributed by atoms with Crippen molar-refractivity contribution in [2.24, 2.45) is 10.2 Å². The summed E-state index contributed by atoms with van der Waals surface area (Å²) in [6.45, 7) is 8.96. The third-order valence-electron chi connectivity index (χ3n) is 3.09. The molecule has 1 heterocycles. The van der Waals surface area contributed by atoms with Gasteiger partial charge in [0.05, 0.1) is 0 Å². The van der Waals surface area contributed by atoms with Gasteiger partial charge in [0.25, 0.3) is 0 Å². The van der Waals surface area contributed by atoms with E-state index in [1.165, 1.54) is 12.8 Å². The average Bonchev–Trinajstić information content (AvgIpc) is 3.04. The topological polar surface area (TPSA) is 40.0 Å². The number of halogens is 1. The molecule has 0 atom stereocenters. The second-order valence-electron chi connectivity index (χ2n) is 4.36. The first-order valence-corrected chi connectivity index (χ1v) is 6.65. The van der Waals surface area contributed by atoms with E-state index in [0.717, 1.165) is 29.2 Å². The minimum atomic E-state index is 0.366. The van der Waals surface area contributed by atoms with Gasteiger partial charge in [-0.2, -0.15) is 0 Å². The number of hydrogen-bond donors (Lipinski definition) is 1. The number of rotatable bonds is 3. The summed E-state index contributed by atoms with van der Waals surface area (Å²) in [6.07, 6.45) is 4.48. The van der Waals surface area contributed by atoms with E-state index < -0.39 is 0 Å². The van der Waals surface area contributed by atoms with Crippen LogP contribution in [0.15, 0.2) is 32.4 Å². The van der Waals surface area contributed by atoms with Gasteiger partial charge in [-0.05, 0) is 42.4 Å². The quantitative estimate of drug-likeness (QED) is 0.490. The second-order valence-corrected chi connectivity index (χ2v) is 5.46. The summed E-state index contributed by atoms with van der Waals surface area (Å²) in [5, 5.41) is 11.8. The Morgan fingerprint density at radius 1 is 1.50 bits per heavy atom. The van der Waals surface area contributed by atoms with Crippen LogP contribution in [0.1, 0.15) is 19.8 Å². The highest BCUT2D eigenvalue weighted by atomic mass is 127. The highest BCUT2D eigenvalue weighted by Crippen LogP contribution is 2.38. The van der Waals surface area contributed by atoms with Crippen LogP contribution < -0.4 is 5.32 Å². The minimum absolute atomic E-state index is 0.366. The molecule has 1 N–H and O–H groups in total. The molecule has 4 nitrogen and oxygen atoms in total. The Morgan fingerprint density at radius 3 is 2.88 bits per heavy atom. The number of nitrogens with zero attached hydrogens (tertiary/aromatic N) is 3. The van der Waals surface area contributed by atoms with Crippen molar-refractivity contribution in [3.63, 3.8) is 0 Å².